The lowest BCUT2D eigenvalue weighted by atomic mass is 10.1. The van der Waals surface area contributed by atoms with Gasteiger partial charge in [0.1, 0.15) is 6.04 Å². The molecule has 2 aromatic rings. The smallest absolute Gasteiger partial charge is 0.326 e. The number of amides is 1. The van der Waals surface area contributed by atoms with E-state index in [1.165, 1.54) is 11.8 Å². The number of aliphatic carboxylic acids is 1. The number of aryl methyl sites for hydroxylation is 1. The van der Waals surface area contributed by atoms with Crippen LogP contribution in [0.2, 0.25) is 0 Å². The zero-order chi connectivity index (χ0) is 16.1. The molecular formula is C18H19NO3. The largest absolute Gasteiger partial charge is 0.480 e. The zero-order valence-electron chi connectivity index (χ0n) is 12.7. The SMILES string of the molecule is Cc1cccc(C(=O)N(Cc2ccccc2)C(C)C(=O)O)c1. The van der Waals surface area contributed by atoms with E-state index in [2.05, 4.69) is 0 Å². The van der Waals surface area contributed by atoms with Crippen molar-refractivity contribution in [2.45, 2.75) is 26.4 Å². The van der Waals surface area contributed by atoms with Crippen LogP contribution in [0.5, 0.6) is 0 Å². The van der Waals surface area contributed by atoms with Crippen LogP contribution in [0, 0.1) is 6.92 Å². The van der Waals surface area contributed by atoms with E-state index < -0.39 is 12.0 Å². The first-order valence-corrected chi connectivity index (χ1v) is 7.13. The number of carbonyl (C=O) groups excluding carboxylic acids is 1. The van der Waals surface area contributed by atoms with Crippen LogP contribution in [0.3, 0.4) is 0 Å². The molecule has 0 aromatic heterocycles. The van der Waals surface area contributed by atoms with Crippen LogP contribution in [0.25, 0.3) is 0 Å². The van der Waals surface area contributed by atoms with Crippen LogP contribution < -0.4 is 0 Å². The van der Waals surface area contributed by atoms with Crippen LogP contribution in [-0.4, -0.2) is 27.9 Å². The van der Waals surface area contributed by atoms with Crippen LogP contribution in [-0.2, 0) is 11.3 Å². The first kappa shape index (κ1) is 15.8. The third-order valence-corrected chi connectivity index (χ3v) is 3.55. The third-order valence-electron chi connectivity index (χ3n) is 3.55. The predicted molar refractivity (Wildman–Crippen MR) is 84.6 cm³/mol. The van der Waals surface area contributed by atoms with Gasteiger partial charge >= 0.3 is 5.97 Å². The second-order valence-electron chi connectivity index (χ2n) is 5.30. The molecule has 22 heavy (non-hydrogen) atoms. The number of carboxylic acid groups (broad SMARTS) is 1. The van der Waals surface area contributed by atoms with Crippen molar-refractivity contribution in [2.24, 2.45) is 0 Å². The van der Waals surface area contributed by atoms with Gasteiger partial charge in [0.05, 0.1) is 0 Å². The standard InChI is InChI=1S/C18H19NO3/c1-13-7-6-10-16(11-13)17(20)19(14(2)18(21)22)12-15-8-4-3-5-9-15/h3-11,14H,12H2,1-2H3,(H,21,22). The molecule has 2 rings (SSSR count). The van der Waals surface area contributed by atoms with Gasteiger partial charge in [-0.3, -0.25) is 4.79 Å². The lowest BCUT2D eigenvalue weighted by Gasteiger charge is -2.27. The Morgan fingerprint density at radius 1 is 1.09 bits per heavy atom. The summed E-state index contributed by atoms with van der Waals surface area (Å²) in [6, 6.07) is 15.7. The first-order chi connectivity index (χ1) is 10.5. The van der Waals surface area contributed by atoms with Crippen molar-refractivity contribution in [1.29, 1.82) is 0 Å². The molecule has 0 aliphatic rings. The van der Waals surface area contributed by atoms with E-state index in [-0.39, 0.29) is 12.5 Å². The molecular weight excluding hydrogens is 278 g/mol. The van der Waals surface area contributed by atoms with Crippen LogP contribution in [0.15, 0.2) is 54.6 Å². The summed E-state index contributed by atoms with van der Waals surface area (Å²) < 4.78 is 0. The van der Waals surface area contributed by atoms with Gasteiger partial charge in [-0.15, -0.1) is 0 Å². The lowest BCUT2D eigenvalue weighted by Crippen LogP contribution is -2.42. The van der Waals surface area contributed by atoms with Gasteiger partial charge in [0.25, 0.3) is 5.91 Å². The van der Waals surface area contributed by atoms with Crippen molar-refractivity contribution in [2.75, 3.05) is 0 Å². The molecule has 4 nitrogen and oxygen atoms in total. The Bertz CT molecular complexity index is 667. The number of benzene rings is 2. The Balaban J connectivity index is 2.31. The lowest BCUT2D eigenvalue weighted by molar-refractivity contribution is -0.141. The minimum atomic E-state index is -1.02. The highest BCUT2D eigenvalue weighted by Gasteiger charge is 2.26. The van der Waals surface area contributed by atoms with Crippen molar-refractivity contribution in [3.05, 3.63) is 71.3 Å². The van der Waals surface area contributed by atoms with Crippen molar-refractivity contribution in [1.82, 2.24) is 4.90 Å². The topological polar surface area (TPSA) is 57.6 Å². The highest BCUT2D eigenvalue weighted by Crippen LogP contribution is 2.15. The van der Waals surface area contributed by atoms with Gasteiger partial charge in [-0.1, -0.05) is 48.0 Å². The summed E-state index contributed by atoms with van der Waals surface area (Å²) in [4.78, 5) is 25.4. The Hall–Kier alpha value is -2.62. The fraction of sp³-hybridized carbons (Fsp3) is 0.222. The Morgan fingerprint density at radius 2 is 1.77 bits per heavy atom. The second-order valence-corrected chi connectivity index (χ2v) is 5.30. The van der Waals surface area contributed by atoms with Crippen LogP contribution in [0.1, 0.15) is 28.4 Å². The monoisotopic (exact) mass is 297 g/mol. The number of carboxylic acids is 1. The third kappa shape index (κ3) is 3.73. The molecule has 4 heteroatoms. The minimum absolute atomic E-state index is 0.265. The van der Waals surface area contributed by atoms with Crippen LogP contribution >= 0.6 is 0 Å². The maximum atomic E-state index is 12.7. The van der Waals surface area contributed by atoms with Gasteiger partial charge in [-0.2, -0.15) is 0 Å². The summed E-state index contributed by atoms with van der Waals surface area (Å²) in [6.45, 7) is 3.69. The molecule has 1 amide bonds. The van der Waals surface area contributed by atoms with E-state index in [1.54, 1.807) is 18.2 Å². The maximum Gasteiger partial charge on any atom is 0.326 e. The van der Waals surface area contributed by atoms with Gasteiger partial charge in [-0.05, 0) is 31.5 Å². The highest BCUT2D eigenvalue weighted by molar-refractivity contribution is 5.96. The van der Waals surface area contributed by atoms with Gasteiger partial charge in [0.2, 0.25) is 0 Å². The van der Waals surface area contributed by atoms with Crippen molar-refractivity contribution >= 4 is 11.9 Å². The predicted octanol–water partition coefficient (Wildman–Crippen LogP) is 3.11. The molecule has 0 radical (unpaired) electrons. The molecule has 0 spiro atoms. The normalized spacial score (nSPS) is 11.7. The molecule has 2 aromatic carbocycles. The summed E-state index contributed by atoms with van der Waals surface area (Å²) in [5, 5.41) is 9.29. The molecule has 0 saturated heterocycles. The molecule has 0 bridgehead atoms. The zero-order valence-corrected chi connectivity index (χ0v) is 12.7. The minimum Gasteiger partial charge on any atom is -0.480 e. The quantitative estimate of drug-likeness (QED) is 0.922. The fourth-order valence-corrected chi connectivity index (χ4v) is 2.24. The van der Waals surface area contributed by atoms with Crippen LogP contribution in [0.4, 0.5) is 0 Å². The van der Waals surface area contributed by atoms with E-state index in [0.29, 0.717) is 5.56 Å². The Morgan fingerprint density at radius 3 is 2.36 bits per heavy atom. The van der Waals surface area contributed by atoms with Gasteiger partial charge in [0, 0.05) is 12.1 Å². The summed E-state index contributed by atoms with van der Waals surface area (Å²) in [5.74, 6) is -1.29. The molecule has 0 fully saturated rings. The molecule has 1 unspecified atom stereocenters. The molecule has 1 atom stereocenters. The van der Waals surface area contributed by atoms with E-state index >= 15 is 0 Å². The second kappa shape index (κ2) is 6.89. The summed E-state index contributed by atoms with van der Waals surface area (Å²) in [7, 11) is 0. The number of carbonyl (C=O) groups is 2. The first-order valence-electron chi connectivity index (χ1n) is 7.13. The molecule has 0 aliphatic heterocycles. The Labute approximate surface area is 130 Å². The van der Waals surface area contributed by atoms with E-state index in [0.717, 1.165) is 11.1 Å². The summed E-state index contributed by atoms with van der Waals surface area (Å²) in [5.41, 5.74) is 2.37. The van der Waals surface area contributed by atoms with Crippen molar-refractivity contribution in [3.63, 3.8) is 0 Å². The average Bonchev–Trinajstić information content (AvgIpc) is 2.52. The summed E-state index contributed by atoms with van der Waals surface area (Å²) >= 11 is 0. The highest BCUT2D eigenvalue weighted by atomic mass is 16.4. The van der Waals surface area contributed by atoms with Gasteiger partial charge in [-0.25, -0.2) is 4.79 Å². The average molecular weight is 297 g/mol. The summed E-state index contributed by atoms with van der Waals surface area (Å²) in [6.07, 6.45) is 0. The number of hydrogen-bond donors (Lipinski definition) is 1. The van der Waals surface area contributed by atoms with E-state index in [9.17, 15) is 14.7 Å². The van der Waals surface area contributed by atoms with E-state index in [1.807, 2.05) is 43.3 Å². The fourth-order valence-electron chi connectivity index (χ4n) is 2.24. The van der Waals surface area contributed by atoms with Crippen molar-refractivity contribution in [3.8, 4) is 0 Å². The molecule has 0 saturated carbocycles. The maximum absolute atomic E-state index is 12.7. The molecule has 114 valence electrons. The molecule has 0 aliphatic carbocycles. The number of nitrogens with zero attached hydrogens (tertiary/aromatic N) is 1. The Kier molecular flexibility index (Phi) is 4.94. The van der Waals surface area contributed by atoms with Gasteiger partial charge < -0.3 is 10.0 Å². The number of hydrogen-bond acceptors (Lipinski definition) is 2. The van der Waals surface area contributed by atoms with Crippen molar-refractivity contribution < 1.29 is 14.7 Å². The van der Waals surface area contributed by atoms with E-state index in [4.69, 9.17) is 0 Å². The molecule has 1 N–H and O–H groups in total. The number of rotatable bonds is 5. The molecule has 0 heterocycles. The van der Waals surface area contributed by atoms with Gasteiger partial charge in [0.15, 0.2) is 0 Å².